The standard InChI is InChI=1S/C32H39N3O5S/c1-25(32(37)33-27-16-8-4-9-17-27)34(23-22-26-14-6-3-7-15-26)31(36)24-35(29-20-12-13-21-30(29)40-2)41(38,39)28-18-10-5-11-19-28/h3,5-7,10-15,18-21,25,27H,4,8-9,16-17,22-24H2,1-2H3,(H,33,37). The number of sulfonamides is 1. The Balaban J connectivity index is 1.65. The molecule has 0 saturated heterocycles. The van der Waals surface area contributed by atoms with Crippen LogP contribution in [0.3, 0.4) is 0 Å². The highest BCUT2D eigenvalue weighted by Crippen LogP contribution is 2.32. The molecular weight excluding hydrogens is 538 g/mol. The van der Waals surface area contributed by atoms with Crippen molar-refractivity contribution in [3.8, 4) is 5.75 Å². The number of carbonyl (C=O) groups excluding carboxylic acids is 2. The van der Waals surface area contributed by atoms with Crippen LogP contribution in [0.5, 0.6) is 5.75 Å². The van der Waals surface area contributed by atoms with Gasteiger partial charge < -0.3 is 15.0 Å². The molecule has 1 aliphatic carbocycles. The van der Waals surface area contributed by atoms with Gasteiger partial charge in [0.15, 0.2) is 0 Å². The second-order valence-electron chi connectivity index (χ2n) is 10.3. The summed E-state index contributed by atoms with van der Waals surface area (Å²) in [6.07, 6.45) is 5.68. The van der Waals surface area contributed by atoms with Crippen LogP contribution in [-0.2, 0) is 26.0 Å². The molecule has 41 heavy (non-hydrogen) atoms. The van der Waals surface area contributed by atoms with Crippen molar-refractivity contribution in [2.45, 2.75) is 62.4 Å². The first-order chi connectivity index (χ1) is 19.8. The highest BCUT2D eigenvalue weighted by Gasteiger charge is 2.34. The molecule has 0 aromatic heterocycles. The second kappa shape index (κ2) is 14.2. The number of carbonyl (C=O) groups is 2. The maximum atomic E-state index is 14.1. The Labute approximate surface area is 243 Å². The monoisotopic (exact) mass is 577 g/mol. The summed E-state index contributed by atoms with van der Waals surface area (Å²) in [4.78, 5) is 29.0. The Morgan fingerprint density at radius 2 is 1.51 bits per heavy atom. The van der Waals surface area contributed by atoms with E-state index in [-0.39, 0.29) is 29.1 Å². The van der Waals surface area contributed by atoms with E-state index in [9.17, 15) is 18.0 Å². The second-order valence-corrected chi connectivity index (χ2v) is 12.2. The Kier molecular flexibility index (Phi) is 10.4. The third kappa shape index (κ3) is 7.67. The van der Waals surface area contributed by atoms with Crippen LogP contribution in [0.15, 0.2) is 89.8 Å². The van der Waals surface area contributed by atoms with Crippen LogP contribution >= 0.6 is 0 Å². The first kappa shape index (κ1) is 30.1. The van der Waals surface area contributed by atoms with Gasteiger partial charge in [-0.2, -0.15) is 0 Å². The van der Waals surface area contributed by atoms with E-state index < -0.39 is 28.5 Å². The van der Waals surface area contributed by atoms with Gasteiger partial charge in [0.25, 0.3) is 10.0 Å². The molecule has 2 amide bonds. The van der Waals surface area contributed by atoms with Gasteiger partial charge in [-0.25, -0.2) is 8.42 Å². The molecule has 1 N–H and O–H groups in total. The summed E-state index contributed by atoms with van der Waals surface area (Å²) >= 11 is 0. The van der Waals surface area contributed by atoms with Gasteiger partial charge in [-0.05, 0) is 56.0 Å². The largest absolute Gasteiger partial charge is 0.495 e. The lowest BCUT2D eigenvalue weighted by atomic mass is 9.95. The Hall–Kier alpha value is -3.85. The zero-order chi connectivity index (χ0) is 29.2. The van der Waals surface area contributed by atoms with Gasteiger partial charge in [0.05, 0.1) is 17.7 Å². The molecule has 0 spiro atoms. The molecule has 9 heteroatoms. The molecule has 8 nitrogen and oxygen atoms in total. The van der Waals surface area contributed by atoms with Crippen molar-refractivity contribution in [3.05, 3.63) is 90.5 Å². The van der Waals surface area contributed by atoms with Crippen molar-refractivity contribution >= 4 is 27.5 Å². The highest BCUT2D eigenvalue weighted by atomic mass is 32.2. The number of rotatable bonds is 12. The summed E-state index contributed by atoms with van der Waals surface area (Å²) in [5.74, 6) is -0.385. The van der Waals surface area contributed by atoms with Crippen LogP contribution in [0.4, 0.5) is 5.69 Å². The van der Waals surface area contributed by atoms with Crippen LogP contribution in [0.25, 0.3) is 0 Å². The minimum Gasteiger partial charge on any atom is -0.495 e. The lowest BCUT2D eigenvalue weighted by Gasteiger charge is -2.33. The summed E-state index contributed by atoms with van der Waals surface area (Å²) < 4.78 is 34.4. The molecule has 3 aromatic carbocycles. The van der Waals surface area contributed by atoms with Crippen LogP contribution in [-0.4, -0.2) is 57.4 Å². The van der Waals surface area contributed by atoms with Gasteiger partial charge >= 0.3 is 0 Å². The summed E-state index contributed by atoms with van der Waals surface area (Å²) in [5, 5.41) is 3.13. The Morgan fingerprint density at radius 3 is 2.17 bits per heavy atom. The number of benzene rings is 3. The number of anilines is 1. The van der Waals surface area contributed by atoms with E-state index in [4.69, 9.17) is 4.74 Å². The molecule has 1 fully saturated rings. The molecule has 4 rings (SSSR count). The van der Waals surface area contributed by atoms with Crippen LogP contribution in [0.2, 0.25) is 0 Å². The van der Waals surface area contributed by atoms with E-state index in [0.29, 0.717) is 12.2 Å². The smallest absolute Gasteiger partial charge is 0.264 e. The van der Waals surface area contributed by atoms with E-state index in [1.165, 1.54) is 24.1 Å². The molecule has 0 bridgehead atoms. The Bertz CT molecular complexity index is 1390. The van der Waals surface area contributed by atoms with Crippen LogP contribution in [0, 0.1) is 0 Å². The van der Waals surface area contributed by atoms with Crippen molar-refractivity contribution in [1.29, 1.82) is 0 Å². The fraction of sp³-hybridized carbons (Fsp3) is 0.375. The van der Waals surface area contributed by atoms with E-state index in [2.05, 4.69) is 5.32 Å². The number of para-hydroxylation sites is 2. The lowest BCUT2D eigenvalue weighted by molar-refractivity contribution is -0.139. The number of methoxy groups -OCH3 is 1. The molecule has 1 saturated carbocycles. The van der Waals surface area contributed by atoms with E-state index in [1.54, 1.807) is 49.4 Å². The zero-order valence-corrected chi connectivity index (χ0v) is 24.6. The minimum absolute atomic E-state index is 0.0534. The van der Waals surface area contributed by atoms with Gasteiger partial charge in [0.2, 0.25) is 11.8 Å². The molecule has 0 heterocycles. The normalized spacial score (nSPS) is 14.6. The van der Waals surface area contributed by atoms with Crippen molar-refractivity contribution in [1.82, 2.24) is 10.2 Å². The number of hydrogen-bond acceptors (Lipinski definition) is 5. The minimum atomic E-state index is -4.15. The molecule has 1 atom stereocenters. The topological polar surface area (TPSA) is 96.0 Å². The van der Waals surface area contributed by atoms with Gasteiger partial charge in [-0.15, -0.1) is 0 Å². The first-order valence-electron chi connectivity index (χ1n) is 14.2. The van der Waals surface area contributed by atoms with Gasteiger partial charge in [-0.3, -0.25) is 13.9 Å². The molecule has 0 aliphatic heterocycles. The molecule has 3 aromatic rings. The number of amides is 2. The number of nitrogens with zero attached hydrogens (tertiary/aromatic N) is 2. The maximum absolute atomic E-state index is 14.1. The van der Waals surface area contributed by atoms with E-state index in [1.807, 2.05) is 30.3 Å². The SMILES string of the molecule is COc1ccccc1N(CC(=O)N(CCc1ccccc1)C(C)C(=O)NC1CCCCC1)S(=O)(=O)c1ccccc1. The van der Waals surface area contributed by atoms with Crippen LogP contribution < -0.4 is 14.4 Å². The van der Waals surface area contributed by atoms with Gasteiger partial charge in [0.1, 0.15) is 18.3 Å². The summed E-state index contributed by atoms with van der Waals surface area (Å²) in [6, 6.07) is 23.7. The third-order valence-electron chi connectivity index (χ3n) is 7.57. The lowest BCUT2D eigenvalue weighted by Crippen LogP contribution is -2.53. The zero-order valence-electron chi connectivity index (χ0n) is 23.7. The fourth-order valence-electron chi connectivity index (χ4n) is 5.21. The summed E-state index contributed by atoms with van der Waals surface area (Å²) in [6.45, 7) is 1.47. The number of nitrogens with one attached hydrogen (secondary N) is 1. The third-order valence-corrected chi connectivity index (χ3v) is 9.34. The molecular formula is C32H39N3O5S. The summed E-state index contributed by atoms with van der Waals surface area (Å²) in [7, 11) is -2.69. The average Bonchev–Trinajstić information content (AvgIpc) is 3.01. The molecule has 1 unspecified atom stereocenters. The number of ether oxygens (including phenoxy) is 1. The van der Waals surface area contributed by atoms with E-state index >= 15 is 0 Å². The predicted octanol–water partition coefficient (Wildman–Crippen LogP) is 4.80. The maximum Gasteiger partial charge on any atom is 0.264 e. The summed E-state index contributed by atoms with van der Waals surface area (Å²) in [5.41, 5.74) is 1.26. The van der Waals surface area contributed by atoms with E-state index in [0.717, 1.165) is 42.0 Å². The van der Waals surface area contributed by atoms with Crippen molar-refractivity contribution in [2.24, 2.45) is 0 Å². The fourth-order valence-corrected chi connectivity index (χ4v) is 6.65. The van der Waals surface area contributed by atoms with Crippen molar-refractivity contribution in [2.75, 3.05) is 24.5 Å². The quantitative estimate of drug-likeness (QED) is 0.334. The molecule has 218 valence electrons. The van der Waals surface area contributed by atoms with Crippen molar-refractivity contribution in [3.63, 3.8) is 0 Å². The average molecular weight is 578 g/mol. The predicted molar refractivity (Wildman–Crippen MR) is 160 cm³/mol. The Morgan fingerprint density at radius 1 is 0.902 bits per heavy atom. The number of hydrogen-bond donors (Lipinski definition) is 1. The van der Waals surface area contributed by atoms with Gasteiger partial charge in [0, 0.05) is 12.6 Å². The van der Waals surface area contributed by atoms with Crippen molar-refractivity contribution < 1.29 is 22.7 Å². The van der Waals surface area contributed by atoms with Crippen LogP contribution in [0.1, 0.15) is 44.6 Å². The first-order valence-corrected chi connectivity index (χ1v) is 15.6. The molecule has 0 radical (unpaired) electrons. The molecule has 1 aliphatic rings. The van der Waals surface area contributed by atoms with Gasteiger partial charge in [-0.1, -0.05) is 79.9 Å². The highest BCUT2D eigenvalue weighted by molar-refractivity contribution is 7.92.